The van der Waals surface area contributed by atoms with Gasteiger partial charge >= 0.3 is 6.09 Å². The zero-order valence-corrected chi connectivity index (χ0v) is 16.6. The van der Waals surface area contributed by atoms with E-state index >= 15 is 0 Å². The lowest BCUT2D eigenvalue weighted by atomic mass is 10.1. The van der Waals surface area contributed by atoms with Crippen LogP contribution in [0.3, 0.4) is 0 Å². The molecule has 1 saturated heterocycles. The molecule has 0 saturated carbocycles. The van der Waals surface area contributed by atoms with E-state index in [1.54, 1.807) is 13.0 Å². The lowest BCUT2D eigenvalue weighted by molar-refractivity contribution is 0.0866. The van der Waals surface area contributed by atoms with E-state index in [1.165, 1.54) is 17.3 Å². The molecule has 1 aromatic heterocycles. The third kappa shape index (κ3) is 5.24. The van der Waals surface area contributed by atoms with E-state index < -0.39 is 6.09 Å². The molecule has 1 aromatic carbocycles. The van der Waals surface area contributed by atoms with Crippen molar-refractivity contribution in [3.05, 3.63) is 35.9 Å². The van der Waals surface area contributed by atoms with Crippen molar-refractivity contribution in [2.75, 3.05) is 30.3 Å². The van der Waals surface area contributed by atoms with Crippen LogP contribution in [0.5, 0.6) is 5.88 Å². The van der Waals surface area contributed by atoms with Gasteiger partial charge in [0.2, 0.25) is 5.88 Å². The number of carbonyl (C=O) groups is 1. The first-order valence-corrected chi connectivity index (χ1v) is 9.74. The Labute approximate surface area is 169 Å². The summed E-state index contributed by atoms with van der Waals surface area (Å²) in [5, 5.41) is 15.2. The fraction of sp³-hybridized carbons (Fsp3) is 0.450. The molecule has 2 heterocycles. The van der Waals surface area contributed by atoms with Gasteiger partial charge in [-0.05, 0) is 31.5 Å². The summed E-state index contributed by atoms with van der Waals surface area (Å²) in [7, 11) is 0. The van der Waals surface area contributed by atoms with Crippen molar-refractivity contribution in [3.63, 3.8) is 0 Å². The lowest BCUT2D eigenvalue weighted by Gasteiger charge is -2.30. The van der Waals surface area contributed by atoms with Crippen molar-refractivity contribution in [3.8, 4) is 5.88 Å². The molecule has 0 unspecified atom stereocenters. The van der Waals surface area contributed by atoms with Crippen molar-refractivity contribution >= 4 is 23.3 Å². The van der Waals surface area contributed by atoms with Crippen LogP contribution in [-0.2, 0) is 0 Å². The third-order valence-corrected chi connectivity index (χ3v) is 4.83. The number of hydrogen-bond acceptors (Lipinski definition) is 6. The topological polar surface area (TPSA) is 99.6 Å². The van der Waals surface area contributed by atoms with Crippen LogP contribution < -0.4 is 15.4 Å². The number of rotatable bonds is 7. The summed E-state index contributed by atoms with van der Waals surface area (Å²) in [6, 6.07) is 4.92. The molecule has 0 bridgehead atoms. The van der Waals surface area contributed by atoms with Gasteiger partial charge in [0.1, 0.15) is 24.1 Å². The van der Waals surface area contributed by atoms with Crippen molar-refractivity contribution in [2.45, 2.75) is 39.2 Å². The maximum absolute atomic E-state index is 14.4. The molecule has 3 N–H and O–H groups in total. The summed E-state index contributed by atoms with van der Waals surface area (Å²) >= 11 is 0. The van der Waals surface area contributed by atoms with Crippen LogP contribution in [0.4, 0.5) is 26.4 Å². The molecule has 2 aromatic rings. The molecular formula is C20H26FN5O3. The van der Waals surface area contributed by atoms with Crippen LogP contribution in [0.2, 0.25) is 0 Å². The fourth-order valence-electron chi connectivity index (χ4n) is 3.12. The number of amides is 1. The van der Waals surface area contributed by atoms with Gasteiger partial charge in [-0.25, -0.2) is 19.2 Å². The summed E-state index contributed by atoms with van der Waals surface area (Å²) in [5.41, 5.74) is 1.71. The standard InChI is InChI=1S/C20H26FN5O3/c1-3-8-22-14-4-5-17(16(21)11-14)25-18-13(2)19(24-12-23-18)29-15-6-9-26(10-7-15)20(27)28/h4-5,11-12,15,22H,3,6-10H2,1-2H3,(H,27,28)(H,23,24,25). The SMILES string of the molecule is CCCNc1ccc(Nc2ncnc(OC3CCN(C(=O)O)CC3)c2C)c(F)c1. The van der Waals surface area contributed by atoms with Gasteiger partial charge in [0.25, 0.3) is 0 Å². The Morgan fingerprint density at radius 3 is 2.76 bits per heavy atom. The van der Waals surface area contributed by atoms with Crippen molar-refractivity contribution < 1.29 is 19.0 Å². The second-order valence-electron chi connectivity index (χ2n) is 6.99. The quantitative estimate of drug-likeness (QED) is 0.642. The average Bonchev–Trinajstić information content (AvgIpc) is 2.71. The van der Waals surface area contributed by atoms with Crippen LogP contribution in [0.1, 0.15) is 31.7 Å². The molecule has 8 nitrogen and oxygen atoms in total. The summed E-state index contributed by atoms with van der Waals surface area (Å²) < 4.78 is 20.4. The van der Waals surface area contributed by atoms with Gasteiger partial charge in [0.05, 0.1) is 11.3 Å². The van der Waals surface area contributed by atoms with Gasteiger partial charge in [0, 0.05) is 38.2 Å². The first-order chi connectivity index (χ1) is 14.0. The maximum atomic E-state index is 14.4. The van der Waals surface area contributed by atoms with Gasteiger partial charge in [-0.1, -0.05) is 6.92 Å². The van der Waals surface area contributed by atoms with E-state index in [-0.39, 0.29) is 11.9 Å². The second-order valence-corrected chi connectivity index (χ2v) is 6.99. The van der Waals surface area contributed by atoms with Crippen LogP contribution in [0, 0.1) is 12.7 Å². The summed E-state index contributed by atoms with van der Waals surface area (Å²) in [4.78, 5) is 20.8. The van der Waals surface area contributed by atoms with Gasteiger partial charge in [-0.2, -0.15) is 0 Å². The van der Waals surface area contributed by atoms with E-state index in [0.717, 1.165) is 18.7 Å². The molecule has 3 rings (SSSR count). The maximum Gasteiger partial charge on any atom is 0.407 e. The van der Waals surface area contributed by atoms with Crippen molar-refractivity contribution in [1.29, 1.82) is 0 Å². The van der Waals surface area contributed by atoms with E-state index in [2.05, 4.69) is 20.6 Å². The number of carboxylic acid groups (broad SMARTS) is 1. The highest BCUT2D eigenvalue weighted by Crippen LogP contribution is 2.28. The number of hydrogen-bond donors (Lipinski definition) is 3. The fourth-order valence-corrected chi connectivity index (χ4v) is 3.12. The van der Waals surface area contributed by atoms with E-state index in [9.17, 15) is 9.18 Å². The summed E-state index contributed by atoms with van der Waals surface area (Å²) in [5.74, 6) is 0.497. The minimum Gasteiger partial charge on any atom is -0.474 e. The predicted octanol–water partition coefficient (Wildman–Crippen LogP) is 4.01. The highest BCUT2D eigenvalue weighted by Gasteiger charge is 2.24. The average molecular weight is 403 g/mol. The minimum atomic E-state index is -0.911. The van der Waals surface area contributed by atoms with Crippen LogP contribution in [0.25, 0.3) is 0 Å². The number of likely N-dealkylation sites (tertiary alicyclic amines) is 1. The molecule has 0 radical (unpaired) electrons. The number of halogens is 1. The second kappa shape index (κ2) is 9.40. The molecule has 156 valence electrons. The highest BCUT2D eigenvalue weighted by molar-refractivity contribution is 5.65. The Balaban J connectivity index is 1.67. The zero-order chi connectivity index (χ0) is 20.8. The van der Waals surface area contributed by atoms with Crippen LogP contribution in [-0.4, -0.2) is 51.8 Å². The zero-order valence-electron chi connectivity index (χ0n) is 16.6. The van der Waals surface area contributed by atoms with E-state index in [1.807, 2.05) is 13.0 Å². The molecule has 0 aliphatic carbocycles. The number of ether oxygens (including phenoxy) is 1. The van der Waals surface area contributed by atoms with Crippen molar-refractivity contribution in [1.82, 2.24) is 14.9 Å². The molecule has 1 aliphatic heterocycles. The lowest BCUT2D eigenvalue weighted by Crippen LogP contribution is -2.41. The summed E-state index contributed by atoms with van der Waals surface area (Å²) in [6.45, 7) is 5.49. The molecule has 0 atom stereocenters. The molecule has 1 amide bonds. The Morgan fingerprint density at radius 1 is 1.34 bits per heavy atom. The third-order valence-electron chi connectivity index (χ3n) is 4.83. The number of benzene rings is 1. The number of piperidine rings is 1. The van der Waals surface area contributed by atoms with Gasteiger partial charge in [-0.3, -0.25) is 0 Å². The van der Waals surface area contributed by atoms with E-state index in [4.69, 9.17) is 9.84 Å². The normalized spacial score (nSPS) is 14.5. The van der Waals surface area contributed by atoms with Crippen LogP contribution in [0.15, 0.2) is 24.5 Å². The highest BCUT2D eigenvalue weighted by atomic mass is 19.1. The predicted molar refractivity (Wildman–Crippen MR) is 108 cm³/mol. The molecule has 9 heteroatoms. The smallest absolute Gasteiger partial charge is 0.407 e. The van der Waals surface area contributed by atoms with Crippen LogP contribution >= 0.6 is 0 Å². The van der Waals surface area contributed by atoms with E-state index in [0.29, 0.717) is 48.9 Å². The monoisotopic (exact) mass is 403 g/mol. The Bertz CT molecular complexity index is 856. The summed E-state index contributed by atoms with van der Waals surface area (Å²) in [6.07, 6.45) is 2.49. The molecular weight excluding hydrogens is 377 g/mol. The Hall–Kier alpha value is -3.10. The molecule has 0 spiro atoms. The first kappa shape index (κ1) is 20.6. The Morgan fingerprint density at radius 2 is 2.10 bits per heavy atom. The first-order valence-electron chi connectivity index (χ1n) is 9.74. The number of aromatic nitrogens is 2. The van der Waals surface area contributed by atoms with Gasteiger partial charge < -0.3 is 25.4 Å². The van der Waals surface area contributed by atoms with Gasteiger partial charge in [0.15, 0.2) is 0 Å². The molecule has 1 aliphatic rings. The Kier molecular flexibility index (Phi) is 6.69. The largest absolute Gasteiger partial charge is 0.474 e. The number of anilines is 3. The number of nitrogens with one attached hydrogen (secondary N) is 2. The number of nitrogens with zero attached hydrogens (tertiary/aromatic N) is 3. The minimum absolute atomic E-state index is 0.118. The van der Waals surface area contributed by atoms with Crippen molar-refractivity contribution in [2.24, 2.45) is 0 Å². The molecule has 29 heavy (non-hydrogen) atoms. The van der Waals surface area contributed by atoms with Gasteiger partial charge in [-0.15, -0.1) is 0 Å². The molecule has 1 fully saturated rings.